The number of phenolic OH excluding ortho intramolecular Hbond substituents is 1. The van der Waals surface area contributed by atoms with Crippen molar-refractivity contribution in [3.05, 3.63) is 41.2 Å². The first-order chi connectivity index (χ1) is 9.54. The van der Waals surface area contributed by atoms with E-state index in [1.807, 2.05) is 0 Å². The normalized spacial score (nSPS) is 18.3. The summed E-state index contributed by atoms with van der Waals surface area (Å²) in [5, 5.41) is 12.4. The Morgan fingerprint density at radius 1 is 1.45 bits per heavy atom. The van der Waals surface area contributed by atoms with Crippen LogP contribution in [0.25, 0.3) is 0 Å². The minimum absolute atomic E-state index is 0.0192. The van der Waals surface area contributed by atoms with Crippen LogP contribution in [-0.2, 0) is 14.3 Å². The fourth-order valence-corrected chi connectivity index (χ4v) is 2.05. The zero-order valence-corrected chi connectivity index (χ0v) is 11.2. The van der Waals surface area contributed by atoms with Crippen molar-refractivity contribution in [1.82, 2.24) is 5.32 Å². The molecule has 0 spiro atoms. The third-order valence-electron chi connectivity index (χ3n) is 2.92. The van der Waals surface area contributed by atoms with Crippen LogP contribution < -0.4 is 5.32 Å². The number of cyclic esters (lactones) is 1. The Morgan fingerprint density at radius 3 is 2.80 bits per heavy atom. The van der Waals surface area contributed by atoms with Crippen LogP contribution in [0.15, 0.2) is 35.6 Å². The van der Waals surface area contributed by atoms with E-state index in [2.05, 4.69) is 5.32 Å². The number of allylic oxidation sites excluding steroid dienone is 1. The Balaban J connectivity index is 2.48. The zero-order chi connectivity index (χ0) is 14.7. The molecule has 6 heteroatoms. The molecule has 1 heterocycles. The predicted molar refractivity (Wildman–Crippen MR) is 69.8 cm³/mol. The van der Waals surface area contributed by atoms with Crippen molar-refractivity contribution in [1.29, 1.82) is 0 Å². The van der Waals surface area contributed by atoms with Crippen LogP contribution in [0.4, 0.5) is 4.79 Å². The van der Waals surface area contributed by atoms with E-state index < -0.39 is 18.1 Å². The summed E-state index contributed by atoms with van der Waals surface area (Å²) in [6, 6.07) is 5.67. The van der Waals surface area contributed by atoms with Crippen LogP contribution >= 0.6 is 0 Å². The highest BCUT2D eigenvalue weighted by Crippen LogP contribution is 2.34. The molecule has 0 bridgehead atoms. The Labute approximate surface area is 116 Å². The van der Waals surface area contributed by atoms with Crippen LogP contribution in [-0.4, -0.2) is 23.8 Å². The number of carbonyl (C=O) groups excluding carboxylic acids is 2. The van der Waals surface area contributed by atoms with Crippen LogP contribution in [0.5, 0.6) is 5.75 Å². The van der Waals surface area contributed by atoms with Gasteiger partial charge in [0.05, 0.1) is 12.6 Å². The lowest BCUT2D eigenvalue weighted by Crippen LogP contribution is -2.38. The van der Waals surface area contributed by atoms with Crippen molar-refractivity contribution >= 4 is 12.1 Å². The van der Waals surface area contributed by atoms with Gasteiger partial charge in [-0.05, 0) is 19.9 Å². The highest BCUT2D eigenvalue weighted by atomic mass is 16.6. The van der Waals surface area contributed by atoms with Gasteiger partial charge in [0.1, 0.15) is 17.1 Å². The van der Waals surface area contributed by atoms with Crippen molar-refractivity contribution < 1.29 is 24.2 Å². The number of aromatic hydroxyl groups is 1. The largest absolute Gasteiger partial charge is 0.508 e. The Morgan fingerprint density at radius 2 is 2.15 bits per heavy atom. The second-order valence-electron chi connectivity index (χ2n) is 4.22. The summed E-state index contributed by atoms with van der Waals surface area (Å²) in [5.41, 5.74) is 0.583. The van der Waals surface area contributed by atoms with E-state index in [1.165, 1.54) is 13.0 Å². The van der Waals surface area contributed by atoms with E-state index in [0.717, 1.165) is 0 Å². The molecule has 0 aliphatic carbocycles. The highest BCUT2D eigenvalue weighted by molar-refractivity contribution is 5.93. The van der Waals surface area contributed by atoms with Gasteiger partial charge in [-0.1, -0.05) is 18.2 Å². The molecule has 20 heavy (non-hydrogen) atoms. The van der Waals surface area contributed by atoms with Gasteiger partial charge in [0.15, 0.2) is 0 Å². The summed E-state index contributed by atoms with van der Waals surface area (Å²) in [4.78, 5) is 23.5. The standard InChI is InChI=1S/C14H15NO5/c1-3-19-13(17)11-8(2)20-14(18)15-12(11)9-6-4-5-7-10(9)16/h4-7,12,16H,3H2,1-2H3,(H,15,18). The maximum absolute atomic E-state index is 12.0. The van der Waals surface area contributed by atoms with Gasteiger partial charge in [-0.3, -0.25) is 0 Å². The van der Waals surface area contributed by atoms with Crippen LogP contribution in [0, 0.1) is 0 Å². The monoisotopic (exact) mass is 277 g/mol. The molecule has 0 aromatic heterocycles. The molecule has 106 valence electrons. The molecule has 2 rings (SSSR count). The number of nitrogens with one attached hydrogen (secondary N) is 1. The SMILES string of the molecule is CCOC(=O)C1=C(C)OC(=O)NC1c1ccccc1O. The first-order valence-corrected chi connectivity index (χ1v) is 6.18. The summed E-state index contributed by atoms with van der Waals surface area (Å²) >= 11 is 0. The van der Waals surface area contributed by atoms with Gasteiger partial charge in [0.2, 0.25) is 0 Å². The third kappa shape index (κ3) is 2.59. The van der Waals surface area contributed by atoms with E-state index >= 15 is 0 Å². The molecule has 1 aliphatic rings. The Kier molecular flexibility index (Phi) is 3.93. The number of hydrogen-bond donors (Lipinski definition) is 2. The van der Waals surface area contributed by atoms with Gasteiger partial charge < -0.3 is 19.9 Å². The smallest absolute Gasteiger partial charge is 0.413 e. The van der Waals surface area contributed by atoms with Crippen LogP contribution in [0.2, 0.25) is 0 Å². The highest BCUT2D eigenvalue weighted by Gasteiger charge is 2.34. The number of phenols is 1. The molecule has 0 saturated carbocycles. The van der Waals surface area contributed by atoms with Gasteiger partial charge in [0.25, 0.3) is 0 Å². The van der Waals surface area contributed by atoms with Gasteiger partial charge >= 0.3 is 12.1 Å². The maximum Gasteiger partial charge on any atom is 0.413 e. The molecule has 0 saturated heterocycles. The number of carbonyl (C=O) groups is 2. The fourth-order valence-electron chi connectivity index (χ4n) is 2.05. The van der Waals surface area contributed by atoms with Crippen molar-refractivity contribution in [3.8, 4) is 5.75 Å². The number of ether oxygens (including phenoxy) is 2. The molecule has 1 aromatic carbocycles. The molecule has 0 fully saturated rings. The number of benzene rings is 1. The fraction of sp³-hybridized carbons (Fsp3) is 0.286. The third-order valence-corrected chi connectivity index (χ3v) is 2.92. The molecule has 6 nitrogen and oxygen atoms in total. The number of para-hydroxylation sites is 1. The minimum atomic E-state index is -0.795. The molecular formula is C14H15NO5. The molecule has 0 radical (unpaired) electrons. The Bertz CT molecular complexity index is 579. The topological polar surface area (TPSA) is 84.9 Å². The van der Waals surface area contributed by atoms with Crippen LogP contribution in [0.3, 0.4) is 0 Å². The van der Waals surface area contributed by atoms with Crippen molar-refractivity contribution in [2.75, 3.05) is 6.61 Å². The molecule has 1 unspecified atom stereocenters. The average molecular weight is 277 g/mol. The van der Waals surface area contributed by atoms with Gasteiger partial charge in [-0.25, -0.2) is 9.59 Å². The second-order valence-corrected chi connectivity index (χ2v) is 4.22. The molecular weight excluding hydrogens is 262 g/mol. The van der Waals surface area contributed by atoms with E-state index in [0.29, 0.717) is 5.56 Å². The molecule has 1 aromatic rings. The number of esters is 1. The summed E-state index contributed by atoms with van der Waals surface area (Å²) < 4.78 is 9.87. The van der Waals surface area contributed by atoms with E-state index in [-0.39, 0.29) is 23.7 Å². The predicted octanol–water partition coefficient (Wildman–Crippen LogP) is 2.01. The summed E-state index contributed by atoms with van der Waals surface area (Å²) in [7, 11) is 0. The first kappa shape index (κ1) is 13.9. The molecule has 1 amide bonds. The maximum atomic E-state index is 12.0. The van der Waals surface area contributed by atoms with Gasteiger partial charge in [-0.2, -0.15) is 0 Å². The number of amides is 1. The van der Waals surface area contributed by atoms with Crippen molar-refractivity contribution in [2.45, 2.75) is 19.9 Å². The summed E-state index contributed by atoms with van der Waals surface area (Å²) in [6.45, 7) is 3.40. The molecule has 1 aliphatic heterocycles. The molecule has 2 N–H and O–H groups in total. The number of hydrogen-bond acceptors (Lipinski definition) is 5. The lowest BCUT2D eigenvalue weighted by Gasteiger charge is -2.27. The second kappa shape index (κ2) is 5.64. The van der Waals surface area contributed by atoms with Crippen molar-refractivity contribution in [3.63, 3.8) is 0 Å². The Hall–Kier alpha value is -2.50. The van der Waals surface area contributed by atoms with Crippen molar-refractivity contribution in [2.24, 2.45) is 0 Å². The van der Waals surface area contributed by atoms with E-state index in [9.17, 15) is 14.7 Å². The van der Waals surface area contributed by atoms with Gasteiger partial charge in [-0.15, -0.1) is 0 Å². The quantitative estimate of drug-likeness (QED) is 0.825. The lowest BCUT2D eigenvalue weighted by atomic mass is 9.96. The zero-order valence-electron chi connectivity index (χ0n) is 11.2. The average Bonchev–Trinajstić information content (AvgIpc) is 2.38. The summed E-state index contributed by atoms with van der Waals surface area (Å²) in [5.74, 6) is -0.437. The first-order valence-electron chi connectivity index (χ1n) is 6.18. The number of alkyl carbamates (subject to hydrolysis) is 1. The van der Waals surface area contributed by atoms with E-state index in [4.69, 9.17) is 9.47 Å². The lowest BCUT2D eigenvalue weighted by molar-refractivity contribution is -0.139. The minimum Gasteiger partial charge on any atom is -0.508 e. The number of rotatable bonds is 3. The molecule has 1 atom stereocenters. The summed E-state index contributed by atoms with van der Waals surface area (Å²) in [6.07, 6.45) is -0.677. The van der Waals surface area contributed by atoms with E-state index in [1.54, 1.807) is 25.1 Å². The van der Waals surface area contributed by atoms with Crippen LogP contribution in [0.1, 0.15) is 25.5 Å². The van der Waals surface area contributed by atoms with Gasteiger partial charge in [0, 0.05) is 5.56 Å².